The van der Waals surface area contributed by atoms with Crippen LogP contribution in [-0.4, -0.2) is 0 Å². The average molecular weight is 139 g/mol. The van der Waals surface area contributed by atoms with E-state index in [-0.39, 0.29) is 0 Å². The number of rotatable bonds is 2. The summed E-state index contributed by atoms with van der Waals surface area (Å²) in [5.41, 5.74) is 6.68. The quantitative estimate of drug-likeness (QED) is 0.676. The third-order valence-electron chi connectivity index (χ3n) is 1.59. The molecule has 10 heavy (non-hydrogen) atoms. The number of hydrogen-bond donors (Lipinski definition) is 1. The van der Waals surface area contributed by atoms with Crippen LogP contribution in [0.25, 0.3) is 0 Å². The Morgan fingerprint density at radius 3 is 2.70 bits per heavy atom. The molecule has 0 unspecified atom stereocenters. The highest BCUT2D eigenvalue weighted by atomic mass is 16.3. The second-order valence-corrected chi connectivity index (χ2v) is 2.36. The third kappa shape index (κ3) is 1.21. The first kappa shape index (κ1) is 7.35. The summed E-state index contributed by atoms with van der Waals surface area (Å²) in [4.78, 5) is 0. The normalized spacial score (nSPS) is 10.3. The minimum Gasteiger partial charge on any atom is -0.465 e. The minimum atomic E-state index is 0.511. The maximum Gasteiger partial charge on any atom is 0.120 e. The lowest BCUT2D eigenvalue weighted by Gasteiger charge is -1.92. The van der Waals surface area contributed by atoms with Crippen LogP contribution < -0.4 is 5.73 Å². The standard InChI is InChI=1S/C8H13NO/c1-3-7-4-6(2)10-8(7)5-9/h4H,3,5,9H2,1-2H3. The van der Waals surface area contributed by atoms with Gasteiger partial charge in [-0.1, -0.05) is 6.92 Å². The Balaban J connectivity index is 2.96. The molecule has 0 aliphatic rings. The van der Waals surface area contributed by atoms with Gasteiger partial charge < -0.3 is 10.2 Å². The maximum atomic E-state index is 5.45. The highest BCUT2D eigenvalue weighted by Crippen LogP contribution is 2.14. The Morgan fingerprint density at radius 1 is 1.60 bits per heavy atom. The first-order valence-corrected chi connectivity index (χ1v) is 3.56. The molecule has 0 aromatic carbocycles. The lowest BCUT2D eigenvalue weighted by atomic mass is 10.2. The zero-order valence-electron chi connectivity index (χ0n) is 6.48. The van der Waals surface area contributed by atoms with Gasteiger partial charge in [0.05, 0.1) is 6.54 Å². The van der Waals surface area contributed by atoms with Gasteiger partial charge in [0.25, 0.3) is 0 Å². The largest absolute Gasteiger partial charge is 0.465 e. The number of nitrogens with two attached hydrogens (primary N) is 1. The van der Waals surface area contributed by atoms with E-state index in [9.17, 15) is 0 Å². The summed E-state index contributed by atoms with van der Waals surface area (Å²) in [6.45, 7) is 4.55. The maximum absolute atomic E-state index is 5.45. The molecule has 2 heteroatoms. The zero-order chi connectivity index (χ0) is 7.56. The van der Waals surface area contributed by atoms with Crippen molar-refractivity contribution in [2.24, 2.45) is 5.73 Å². The Kier molecular flexibility index (Phi) is 2.12. The van der Waals surface area contributed by atoms with Crippen LogP contribution in [0.5, 0.6) is 0 Å². The van der Waals surface area contributed by atoms with Gasteiger partial charge in [-0.2, -0.15) is 0 Å². The van der Waals surface area contributed by atoms with Crippen LogP contribution in [0.2, 0.25) is 0 Å². The highest BCUT2D eigenvalue weighted by Gasteiger charge is 2.03. The molecule has 0 fully saturated rings. The molecule has 0 amide bonds. The van der Waals surface area contributed by atoms with Crippen LogP contribution in [-0.2, 0) is 13.0 Å². The summed E-state index contributed by atoms with van der Waals surface area (Å²) in [6, 6.07) is 2.04. The molecule has 1 heterocycles. The van der Waals surface area contributed by atoms with Crippen LogP contribution in [0.15, 0.2) is 10.5 Å². The Bertz CT molecular complexity index is 194. The van der Waals surface area contributed by atoms with Gasteiger partial charge in [0.15, 0.2) is 0 Å². The molecule has 0 atom stereocenters. The van der Waals surface area contributed by atoms with Crippen molar-refractivity contribution >= 4 is 0 Å². The molecule has 0 spiro atoms. The summed E-state index contributed by atoms with van der Waals surface area (Å²) in [5.74, 6) is 1.89. The van der Waals surface area contributed by atoms with E-state index in [1.54, 1.807) is 0 Å². The second-order valence-electron chi connectivity index (χ2n) is 2.36. The van der Waals surface area contributed by atoms with E-state index >= 15 is 0 Å². The van der Waals surface area contributed by atoms with E-state index in [1.165, 1.54) is 5.56 Å². The van der Waals surface area contributed by atoms with Crippen molar-refractivity contribution in [2.75, 3.05) is 0 Å². The van der Waals surface area contributed by atoms with E-state index < -0.39 is 0 Å². The predicted octanol–water partition coefficient (Wildman–Crippen LogP) is 1.61. The molecule has 0 aliphatic heterocycles. The van der Waals surface area contributed by atoms with Crippen LogP contribution in [0.4, 0.5) is 0 Å². The number of furan rings is 1. The lowest BCUT2D eigenvalue weighted by Crippen LogP contribution is -1.96. The van der Waals surface area contributed by atoms with E-state index in [2.05, 4.69) is 6.92 Å². The second kappa shape index (κ2) is 2.88. The molecular formula is C8H13NO. The van der Waals surface area contributed by atoms with Gasteiger partial charge in [-0.15, -0.1) is 0 Å². The van der Waals surface area contributed by atoms with Crippen molar-refractivity contribution in [1.82, 2.24) is 0 Å². The molecule has 0 saturated carbocycles. The minimum absolute atomic E-state index is 0.511. The van der Waals surface area contributed by atoms with Crippen molar-refractivity contribution in [2.45, 2.75) is 26.8 Å². The van der Waals surface area contributed by atoms with Gasteiger partial charge in [-0.25, -0.2) is 0 Å². The topological polar surface area (TPSA) is 39.2 Å². The Labute approximate surface area is 61.0 Å². The summed E-state index contributed by atoms with van der Waals surface area (Å²) < 4.78 is 5.33. The molecule has 2 nitrogen and oxygen atoms in total. The summed E-state index contributed by atoms with van der Waals surface area (Å²) in [7, 11) is 0. The first-order chi connectivity index (χ1) is 4.77. The van der Waals surface area contributed by atoms with Crippen molar-refractivity contribution in [1.29, 1.82) is 0 Å². The molecule has 1 aromatic rings. The van der Waals surface area contributed by atoms with Gasteiger partial charge in [0.1, 0.15) is 11.5 Å². The molecule has 0 saturated heterocycles. The predicted molar refractivity (Wildman–Crippen MR) is 40.7 cm³/mol. The zero-order valence-corrected chi connectivity index (χ0v) is 6.48. The van der Waals surface area contributed by atoms with Crippen molar-refractivity contribution in [3.63, 3.8) is 0 Å². The lowest BCUT2D eigenvalue weighted by molar-refractivity contribution is 0.482. The van der Waals surface area contributed by atoms with Crippen molar-refractivity contribution < 1.29 is 4.42 Å². The molecule has 56 valence electrons. The van der Waals surface area contributed by atoms with Crippen molar-refractivity contribution in [3.8, 4) is 0 Å². The van der Waals surface area contributed by atoms with Gasteiger partial charge >= 0.3 is 0 Å². The highest BCUT2D eigenvalue weighted by molar-refractivity contribution is 5.20. The van der Waals surface area contributed by atoms with Crippen LogP contribution in [0.3, 0.4) is 0 Å². The van der Waals surface area contributed by atoms with Gasteiger partial charge in [0, 0.05) is 0 Å². The monoisotopic (exact) mass is 139 g/mol. The van der Waals surface area contributed by atoms with Gasteiger partial charge in [-0.05, 0) is 25.0 Å². The van der Waals surface area contributed by atoms with Crippen LogP contribution in [0.1, 0.15) is 24.0 Å². The SMILES string of the molecule is CCc1cc(C)oc1CN. The van der Waals surface area contributed by atoms with Gasteiger partial charge in [0.2, 0.25) is 0 Å². The van der Waals surface area contributed by atoms with E-state index in [1.807, 2.05) is 13.0 Å². The molecule has 0 bridgehead atoms. The fraction of sp³-hybridized carbons (Fsp3) is 0.500. The summed E-state index contributed by atoms with van der Waals surface area (Å²) in [5, 5.41) is 0. The van der Waals surface area contributed by atoms with Gasteiger partial charge in [-0.3, -0.25) is 0 Å². The molecular weight excluding hydrogens is 126 g/mol. The molecule has 0 radical (unpaired) electrons. The molecule has 1 rings (SSSR count). The molecule has 0 aliphatic carbocycles. The van der Waals surface area contributed by atoms with Crippen molar-refractivity contribution in [3.05, 3.63) is 23.2 Å². The fourth-order valence-electron chi connectivity index (χ4n) is 1.09. The Hall–Kier alpha value is -0.760. The number of aryl methyl sites for hydroxylation is 2. The smallest absolute Gasteiger partial charge is 0.120 e. The Morgan fingerprint density at radius 2 is 2.30 bits per heavy atom. The molecule has 2 N–H and O–H groups in total. The third-order valence-corrected chi connectivity index (χ3v) is 1.59. The average Bonchev–Trinajstić information content (AvgIpc) is 2.30. The van der Waals surface area contributed by atoms with Crippen LogP contribution >= 0.6 is 0 Å². The van der Waals surface area contributed by atoms with Crippen LogP contribution in [0, 0.1) is 6.92 Å². The van der Waals surface area contributed by atoms with E-state index in [0.717, 1.165) is 17.9 Å². The van der Waals surface area contributed by atoms with E-state index in [0.29, 0.717) is 6.54 Å². The van der Waals surface area contributed by atoms with E-state index in [4.69, 9.17) is 10.2 Å². The first-order valence-electron chi connectivity index (χ1n) is 3.56. The molecule has 1 aromatic heterocycles. The summed E-state index contributed by atoms with van der Waals surface area (Å²) in [6.07, 6.45) is 1.00. The summed E-state index contributed by atoms with van der Waals surface area (Å²) >= 11 is 0. The number of hydrogen-bond acceptors (Lipinski definition) is 2. The fourth-order valence-corrected chi connectivity index (χ4v) is 1.09.